The van der Waals surface area contributed by atoms with Crippen LogP contribution in [0.2, 0.25) is 0 Å². The minimum Gasteiger partial charge on any atom is -0.367 e. The molecular formula is C12H18N6O. The van der Waals surface area contributed by atoms with Gasteiger partial charge in [0.05, 0.1) is 0 Å². The summed E-state index contributed by atoms with van der Waals surface area (Å²) in [7, 11) is 0. The average molecular weight is 262 g/mol. The van der Waals surface area contributed by atoms with Gasteiger partial charge in [0.25, 0.3) is 0 Å². The second-order valence-corrected chi connectivity index (χ2v) is 4.82. The molecule has 0 aromatic carbocycles. The first kappa shape index (κ1) is 12.2. The minimum absolute atomic E-state index is 0.310. The molecule has 1 atom stereocenters. The maximum atomic E-state index is 11.4. The lowest BCUT2D eigenvalue weighted by Gasteiger charge is -2.22. The van der Waals surface area contributed by atoms with Crippen molar-refractivity contribution in [2.24, 2.45) is 0 Å². The van der Waals surface area contributed by atoms with Crippen LogP contribution in [-0.4, -0.2) is 50.4 Å². The van der Waals surface area contributed by atoms with Crippen molar-refractivity contribution >= 4 is 11.5 Å². The third-order valence-corrected chi connectivity index (χ3v) is 3.70. The number of likely N-dealkylation sites (tertiary alicyclic amines) is 1. The molecule has 2 N–H and O–H groups in total. The second-order valence-electron chi connectivity index (χ2n) is 4.82. The summed E-state index contributed by atoms with van der Waals surface area (Å²) in [5, 5.41) is 13.8. The van der Waals surface area contributed by atoms with Gasteiger partial charge in [0.2, 0.25) is 0 Å². The summed E-state index contributed by atoms with van der Waals surface area (Å²) < 4.78 is 1.27. The van der Waals surface area contributed by atoms with Gasteiger partial charge in [-0.1, -0.05) is 6.92 Å². The van der Waals surface area contributed by atoms with Crippen LogP contribution in [0.25, 0.3) is 5.65 Å². The van der Waals surface area contributed by atoms with Gasteiger partial charge in [0.1, 0.15) is 5.82 Å². The number of anilines is 1. The van der Waals surface area contributed by atoms with E-state index in [1.807, 2.05) is 6.07 Å². The molecule has 0 saturated carbocycles. The van der Waals surface area contributed by atoms with E-state index in [0.29, 0.717) is 17.5 Å². The third kappa shape index (κ3) is 2.33. The molecule has 19 heavy (non-hydrogen) atoms. The minimum atomic E-state index is -0.310. The van der Waals surface area contributed by atoms with Crippen LogP contribution in [0.3, 0.4) is 0 Å². The quantitative estimate of drug-likeness (QED) is 0.829. The summed E-state index contributed by atoms with van der Waals surface area (Å²) >= 11 is 0. The van der Waals surface area contributed by atoms with Gasteiger partial charge in [-0.25, -0.2) is 9.89 Å². The van der Waals surface area contributed by atoms with Crippen LogP contribution in [0.15, 0.2) is 16.9 Å². The van der Waals surface area contributed by atoms with Crippen molar-refractivity contribution in [2.45, 2.75) is 25.8 Å². The Hall–Kier alpha value is -1.89. The van der Waals surface area contributed by atoms with E-state index >= 15 is 0 Å². The van der Waals surface area contributed by atoms with E-state index in [0.717, 1.165) is 13.1 Å². The van der Waals surface area contributed by atoms with Gasteiger partial charge >= 0.3 is 5.69 Å². The maximum Gasteiger partial charge on any atom is 0.364 e. The molecule has 2 aromatic heterocycles. The predicted octanol–water partition coefficient (Wildman–Crippen LogP) is 0.314. The lowest BCUT2D eigenvalue weighted by Crippen LogP contribution is -2.34. The molecule has 0 bridgehead atoms. The van der Waals surface area contributed by atoms with Crippen molar-refractivity contribution < 1.29 is 0 Å². The molecule has 1 aliphatic heterocycles. The number of aromatic nitrogens is 4. The zero-order valence-corrected chi connectivity index (χ0v) is 11.0. The molecule has 0 amide bonds. The fourth-order valence-electron chi connectivity index (χ4n) is 2.66. The second kappa shape index (κ2) is 5.00. The molecule has 1 unspecified atom stereocenters. The number of nitrogens with one attached hydrogen (secondary N) is 2. The molecule has 2 aromatic rings. The number of hydrogen-bond acceptors (Lipinski definition) is 5. The first-order chi connectivity index (χ1) is 9.28. The fraction of sp³-hybridized carbons (Fsp3) is 0.583. The first-order valence-corrected chi connectivity index (χ1v) is 6.70. The Morgan fingerprint density at radius 2 is 2.42 bits per heavy atom. The zero-order valence-electron chi connectivity index (χ0n) is 11.0. The predicted molar refractivity (Wildman–Crippen MR) is 72.4 cm³/mol. The van der Waals surface area contributed by atoms with Crippen LogP contribution < -0.4 is 11.0 Å². The molecular weight excluding hydrogens is 244 g/mol. The molecule has 0 radical (unpaired) electrons. The standard InChI is InChI=1S/C12H18N6O/c1-2-17-7-3-4-9(17)8-13-10-5-6-11-14-15-12(19)18(11)16-10/h5-6,9H,2-4,7-8H2,1H3,(H,13,16)(H,15,19). The van der Waals surface area contributed by atoms with Crippen LogP contribution in [-0.2, 0) is 0 Å². The van der Waals surface area contributed by atoms with Crippen molar-refractivity contribution in [3.63, 3.8) is 0 Å². The molecule has 1 aliphatic rings. The van der Waals surface area contributed by atoms with E-state index in [1.165, 1.54) is 23.9 Å². The lowest BCUT2D eigenvalue weighted by atomic mass is 10.2. The summed E-state index contributed by atoms with van der Waals surface area (Å²) in [5.74, 6) is 0.707. The highest BCUT2D eigenvalue weighted by atomic mass is 16.2. The molecule has 0 aliphatic carbocycles. The van der Waals surface area contributed by atoms with E-state index in [-0.39, 0.29) is 5.69 Å². The fourth-order valence-corrected chi connectivity index (χ4v) is 2.66. The van der Waals surface area contributed by atoms with E-state index in [9.17, 15) is 4.79 Å². The highest BCUT2D eigenvalue weighted by Gasteiger charge is 2.22. The molecule has 1 saturated heterocycles. The highest BCUT2D eigenvalue weighted by molar-refractivity contribution is 5.43. The summed E-state index contributed by atoms with van der Waals surface area (Å²) in [6.07, 6.45) is 2.47. The Morgan fingerprint density at radius 1 is 1.53 bits per heavy atom. The molecule has 1 fully saturated rings. The van der Waals surface area contributed by atoms with Crippen molar-refractivity contribution in [2.75, 3.05) is 25.0 Å². The highest BCUT2D eigenvalue weighted by Crippen LogP contribution is 2.16. The first-order valence-electron chi connectivity index (χ1n) is 6.70. The Morgan fingerprint density at radius 3 is 3.26 bits per heavy atom. The molecule has 3 heterocycles. The SMILES string of the molecule is CCN1CCCC1CNc1ccc2n[nH]c(=O)n2n1. The van der Waals surface area contributed by atoms with E-state index in [4.69, 9.17) is 0 Å². The molecule has 7 heteroatoms. The van der Waals surface area contributed by atoms with Gasteiger partial charge in [-0.2, -0.15) is 9.61 Å². The van der Waals surface area contributed by atoms with Crippen molar-refractivity contribution in [1.82, 2.24) is 24.7 Å². The number of likely N-dealkylation sites (N-methyl/N-ethyl adjacent to an activating group) is 1. The molecule has 102 valence electrons. The van der Waals surface area contributed by atoms with Crippen molar-refractivity contribution in [1.29, 1.82) is 0 Å². The van der Waals surface area contributed by atoms with Gasteiger partial charge in [-0.15, -0.1) is 5.10 Å². The number of H-pyrrole nitrogens is 1. The van der Waals surface area contributed by atoms with E-state index in [1.54, 1.807) is 6.07 Å². The largest absolute Gasteiger partial charge is 0.367 e. The summed E-state index contributed by atoms with van der Waals surface area (Å²) in [6.45, 7) is 5.31. The average Bonchev–Trinajstić information content (AvgIpc) is 3.03. The van der Waals surface area contributed by atoms with Crippen LogP contribution in [0.5, 0.6) is 0 Å². The van der Waals surface area contributed by atoms with Crippen LogP contribution in [0, 0.1) is 0 Å². The van der Waals surface area contributed by atoms with Crippen LogP contribution >= 0.6 is 0 Å². The molecule has 0 spiro atoms. The van der Waals surface area contributed by atoms with Crippen LogP contribution in [0.1, 0.15) is 19.8 Å². The number of nitrogens with zero attached hydrogens (tertiary/aromatic N) is 4. The van der Waals surface area contributed by atoms with Crippen molar-refractivity contribution in [3.05, 3.63) is 22.6 Å². The summed E-state index contributed by atoms with van der Waals surface area (Å²) in [6, 6.07) is 4.18. The Kier molecular flexibility index (Phi) is 3.20. The monoisotopic (exact) mass is 262 g/mol. The number of aromatic amines is 1. The van der Waals surface area contributed by atoms with Gasteiger partial charge in [-0.3, -0.25) is 4.90 Å². The Bertz CT molecular complexity index is 618. The Labute approximate surface area is 110 Å². The number of hydrogen-bond donors (Lipinski definition) is 2. The van der Waals surface area contributed by atoms with Gasteiger partial charge < -0.3 is 5.32 Å². The third-order valence-electron chi connectivity index (χ3n) is 3.70. The van der Waals surface area contributed by atoms with E-state index < -0.39 is 0 Å². The zero-order chi connectivity index (χ0) is 13.2. The topological polar surface area (TPSA) is 78.3 Å². The smallest absolute Gasteiger partial charge is 0.364 e. The van der Waals surface area contributed by atoms with Gasteiger partial charge in [0.15, 0.2) is 5.65 Å². The van der Waals surface area contributed by atoms with Gasteiger partial charge in [0, 0.05) is 12.6 Å². The summed E-state index contributed by atoms with van der Waals surface area (Å²) in [4.78, 5) is 13.9. The van der Waals surface area contributed by atoms with Gasteiger partial charge in [-0.05, 0) is 38.1 Å². The normalized spacial score (nSPS) is 20.2. The lowest BCUT2D eigenvalue weighted by molar-refractivity contribution is 0.277. The molecule has 3 rings (SSSR count). The van der Waals surface area contributed by atoms with Crippen molar-refractivity contribution in [3.8, 4) is 0 Å². The number of rotatable bonds is 4. The maximum absolute atomic E-state index is 11.4. The Balaban J connectivity index is 1.71. The summed E-state index contributed by atoms with van der Waals surface area (Å²) in [5.41, 5.74) is 0.223. The molecule has 7 nitrogen and oxygen atoms in total. The van der Waals surface area contributed by atoms with Crippen LogP contribution in [0.4, 0.5) is 5.82 Å². The number of fused-ring (bicyclic) bond motifs is 1. The van der Waals surface area contributed by atoms with E-state index in [2.05, 4.69) is 32.4 Å².